The first-order valence-corrected chi connectivity index (χ1v) is 13.4. The highest BCUT2D eigenvalue weighted by molar-refractivity contribution is 6.00. The molecule has 0 atom stereocenters. The average molecular weight is 491 g/mol. The highest BCUT2D eigenvalue weighted by Gasteiger charge is 2.36. The van der Waals surface area contributed by atoms with Gasteiger partial charge in [0, 0.05) is 23.8 Å². The fourth-order valence-electron chi connectivity index (χ4n) is 5.98. The van der Waals surface area contributed by atoms with Crippen LogP contribution >= 0.6 is 0 Å². The Balaban J connectivity index is 1.66. The van der Waals surface area contributed by atoms with Crippen LogP contribution in [0.3, 0.4) is 0 Å². The molecule has 2 aliphatic carbocycles. The Kier molecular flexibility index (Phi) is 6.54. The van der Waals surface area contributed by atoms with E-state index in [2.05, 4.69) is 37.1 Å². The van der Waals surface area contributed by atoms with Crippen molar-refractivity contribution in [1.29, 1.82) is 0 Å². The number of unbranched alkanes of at least 4 members (excludes halogenated alkanes) is 1. The summed E-state index contributed by atoms with van der Waals surface area (Å²) in [6.07, 6.45) is 7.20. The molecule has 7 nitrogen and oxygen atoms in total. The third kappa shape index (κ3) is 4.73. The summed E-state index contributed by atoms with van der Waals surface area (Å²) in [5, 5.41) is 19.9. The molecule has 0 saturated heterocycles. The normalized spacial score (nSPS) is 21.5. The maximum atomic E-state index is 13.3. The van der Waals surface area contributed by atoms with E-state index in [0.717, 1.165) is 90.8 Å². The molecule has 5 rings (SSSR count). The summed E-state index contributed by atoms with van der Waals surface area (Å²) in [6.45, 7) is 8.31. The molecule has 7 heteroatoms. The molecular formula is C29H38N4O3. The number of nitrogens with one attached hydrogen (secondary N) is 2. The summed E-state index contributed by atoms with van der Waals surface area (Å²) in [5.74, 6) is 0.156. The van der Waals surface area contributed by atoms with Gasteiger partial charge in [0.15, 0.2) is 5.78 Å². The van der Waals surface area contributed by atoms with E-state index in [4.69, 9.17) is 5.10 Å². The van der Waals surface area contributed by atoms with E-state index >= 15 is 0 Å². The number of Topliss-reactive ketones (excluding diaryl/α,β-unsaturated/α-hetero) is 1. The van der Waals surface area contributed by atoms with Gasteiger partial charge >= 0.3 is 0 Å². The fraction of sp³-hybridized carbons (Fsp3) is 0.552. The monoisotopic (exact) mass is 490 g/mol. The Hall–Kier alpha value is -2.93. The molecule has 0 amide bonds. The van der Waals surface area contributed by atoms with Gasteiger partial charge in [0.1, 0.15) is 0 Å². The maximum absolute atomic E-state index is 13.3. The van der Waals surface area contributed by atoms with E-state index in [1.54, 1.807) is 0 Å². The van der Waals surface area contributed by atoms with E-state index in [1.807, 2.05) is 23.7 Å². The molecule has 3 aromatic rings. The molecule has 36 heavy (non-hydrogen) atoms. The van der Waals surface area contributed by atoms with Crippen molar-refractivity contribution in [2.45, 2.75) is 97.6 Å². The molecule has 192 valence electrons. The van der Waals surface area contributed by atoms with Crippen molar-refractivity contribution < 1.29 is 9.90 Å². The van der Waals surface area contributed by atoms with Gasteiger partial charge in [0.05, 0.1) is 34.1 Å². The number of fused-ring (bicyclic) bond motifs is 2. The molecule has 2 heterocycles. The fourth-order valence-corrected chi connectivity index (χ4v) is 5.98. The Morgan fingerprint density at radius 1 is 1.14 bits per heavy atom. The minimum atomic E-state index is -0.241. The van der Waals surface area contributed by atoms with Gasteiger partial charge in [-0.25, -0.2) is 4.68 Å². The molecule has 2 aliphatic rings. The molecular weight excluding hydrogens is 452 g/mol. The number of aryl methyl sites for hydroxylation is 2. The van der Waals surface area contributed by atoms with Crippen LogP contribution in [0.15, 0.2) is 23.0 Å². The van der Waals surface area contributed by atoms with Gasteiger partial charge in [-0.15, -0.1) is 0 Å². The topological polar surface area (TPSA) is 100 Å². The number of hydrogen-bond donors (Lipinski definition) is 3. The Morgan fingerprint density at radius 2 is 1.89 bits per heavy atom. The van der Waals surface area contributed by atoms with Crippen LogP contribution in [-0.4, -0.2) is 37.8 Å². The van der Waals surface area contributed by atoms with Crippen molar-refractivity contribution in [2.24, 2.45) is 5.41 Å². The number of anilines is 1. The van der Waals surface area contributed by atoms with Crippen LogP contribution < -0.4 is 10.9 Å². The number of H-pyrrole nitrogens is 1. The lowest BCUT2D eigenvalue weighted by Gasteiger charge is -2.29. The van der Waals surface area contributed by atoms with E-state index in [9.17, 15) is 14.7 Å². The minimum Gasteiger partial charge on any atom is -0.393 e. The molecule has 0 aliphatic heterocycles. The first kappa shape index (κ1) is 24.8. The highest BCUT2D eigenvalue weighted by atomic mass is 16.3. The molecule has 0 radical (unpaired) electrons. The van der Waals surface area contributed by atoms with Crippen molar-refractivity contribution in [1.82, 2.24) is 14.8 Å². The predicted molar refractivity (Wildman–Crippen MR) is 143 cm³/mol. The second-order valence-corrected chi connectivity index (χ2v) is 11.6. The number of pyridine rings is 1. The van der Waals surface area contributed by atoms with Gasteiger partial charge in [-0.2, -0.15) is 5.10 Å². The first-order valence-electron chi connectivity index (χ1n) is 13.4. The maximum Gasteiger partial charge on any atom is 0.258 e. The van der Waals surface area contributed by atoms with Crippen LogP contribution in [0.4, 0.5) is 5.69 Å². The number of carbonyl (C=O) groups is 1. The van der Waals surface area contributed by atoms with Crippen molar-refractivity contribution >= 4 is 22.2 Å². The number of hydrogen-bond acceptors (Lipinski definition) is 5. The zero-order chi connectivity index (χ0) is 25.6. The number of ketones is 1. The molecule has 0 spiro atoms. The van der Waals surface area contributed by atoms with Gasteiger partial charge in [0.25, 0.3) is 5.56 Å². The van der Waals surface area contributed by atoms with Gasteiger partial charge in [-0.1, -0.05) is 27.2 Å². The number of nitrogens with zero attached hydrogens (tertiary/aromatic N) is 2. The van der Waals surface area contributed by atoms with Crippen LogP contribution in [0.25, 0.3) is 16.5 Å². The van der Waals surface area contributed by atoms with E-state index in [0.29, 0.717) is 11.8 Å². The lowest BCUT2D eigenvalue weighted by atomic mass is 9.75. The largest absolute Gasteiger partial charge is 0.393 e. The SMILES string of the molecule is CCCCc1cc2cc(-n3nc(C)c4c3CC(C)(C)CC4=O)cc(NC3CCC(O)CC3)c2c(=O)[nH]1. The highest BCUT2D eigenvalue weighted by Crippen LogP contribution is 2.38. The third-order valence-corrected chi connectivity index (χ3v) is 7.81. The standard InChI is InChI=1S/C29H38N4O3/c1-5-6-7-20-12-18-13-21(33-24-15-29(3,4)16-25(35)26(24)17(2)32-33)14-23(27(18)28(36)31-20)30-19-8-10-22(34)11-9-19/h12-14,19,22,30,34H,5-11,15-16H2,1-4H3,(H,31,36). The first-order chi connectivity index (χ1) is 17.1. The summed E-state index contributed by atoms with van der Waals surface area (Å²) in [7, 11) is 0. The molecule has 1 aromatic carbocycles. The van der Waals surface area contributed by atoms with Crippen LogP contribution in [-0.2, 0) is 12.8 Å². The zero-order valence-corrected chi connectivity index (χ0v) is 21.9. The van der Waals surface area contributed by atoms with Crippen LogP contribution in [0.1, 0.15) is 93.2 Å². The average Bonchev–Trinajstić information content (AvgIpc) is 3.13. The van der Waals surface area contributed by atoms with Gasteiger partial charge in [-0.3, -0.25) is 9.59 Å². The number of benzene rings is 1. The van der Waals surface area contributed by atoms with Crippen molar-refractivity contribution in [3.8, 4) is 5.69 Å². The second kappa shape index (κ2) is 9.51. The summed E-state index contributed by atoms with van der Waals surface area (Å²) in [5.41, 5.74) is 4.84. The zero-order valence-electron chi connectivity index (χ0n) is 21.9. The molecule has 0 unspecified atom stereocenters. The lowest BCUT2D eigenvalue weighted by molar-refractivity contribution is 0.0910. The van der Waals surface area contributed by atoms with Gasteiger partial charge < -0.3 is 15.4 Å². The lowest BCUT2D eigenvalue weighted by Crippen LogP contribution is -2.29. The second-order valence-electron chi connectivity index (χ2n) is 11.6. The smallest absolute Gasteiger partial charge is 0.258 e. The number of rotatable bonds is 6. The molecule has 0 bridgehead atoms. The van der Waals surface area contributed by atoms with Gasteiger partial charge in [-0.05, 0) is 80.9 Å². The number of aromatic nitrogens is 3. The van der Waals surface area contributed by atoms with Gasteiger partial charge in [0.2, 0.25) is 0 Å². The van der Waals surface area contributed by atoms with Crippen molar-refractivity contribution in [3.63, 3.8) is 0 Å². The molecule has 3 N–H and O–H groups in total. The van der Waals surface area contributed by atoms with Crippen molar-refractivity contribution in [2.75, 3.05) is 5.32 Å². The Bertz CT molecular complexity index is 1360. The molecule has 1 fully saturated rings. The minimum absolute atomic E-state index is 0.0847. The number of aliphatic hydroxyl groups is 1. The predicted octanol–water partition coefficient (Wildman–Crippen LogP) is 5.24. The van der Waals surface area contributed by atoms with Crippen LogP contribution in [0, 0.1) is 12.3 Å². The van der Waals surface area contributed by atoms with E-state index < -0.39 is 0 Å². The Morgan fingerprint density at radius 3 is 2.61 bits per heavy atom. The summed E-state index contributed by atoms with van der Waals surface area (Å²) in [6, 6.07) is 6.32. The van der Waals surface area contributed by atoms with E-state index in [-0.39, 0.29) is 28.9 Å². The number of aliphatic hydroxyl groups excluding tert-OH is 1. The summed E-state index contributed by atoms with van der Waals surface area (Å²) in [4.78, 5) is 29.4. The summed E-state index contributed by atoms with van der Waals surface area (Å²) < 4.78 is 1.92. The Labute approximate surface area is 212 Å². The quantitative estimate of drug-likeness (QED) is 0.439. The third-order valence-electron chi connectivity index (χ3n) is 7.81. The molecule has 1 saturated carbocycles. The number of aromatic amines is 1. The molecule has 2 aromatic heterocycles. The van der Waals surface area contributed by atoms with Crippen molar-refractivity contribution in [3.05, 3.63) is 51.2 Å². The van der Waals surface area contributed by atoms with Crippen LogP contribution in [0.2, 0.25) is 0 Å². The van der Waals surface area contributed by atoms with Crippen LogP contribution in [0.5, 0.6) is 0 Å². The number of carbonyl (C=O) groups excluding carboxylic acids is 1. The van der Waals surface area contributed by atoms with E-state index in [1.165, 1.54) is 0 Å². The summed E-state index contributed by atoms with van der Waals surface area (Å²) >= 11 is 0.